The van der Waals surface area contributed by atoms with Gasteiger partial charge in [-0.3, -0.25) is 0 Å². The van der Waals surface area contributed by atoms with E-state index in [0.717, 1.165) is 4.47 Å². The van der Waals surface area contributed by atoms with E-state index in [4.69, 9.17) is 16.4 Å². The quantitative estimate of drug-likeness (QED) is 0.807. The zero-order valence-electron chi connectivity index (χ0n) is 9.55. The van der Waals surface area contributed by atoms with Crippen molar-refractivity contribution in [1.82, 2.24) is 15.0 Å². The van der Waals surface area contributed by atoms with Gasteiger partial charge in [0.2, 0.25) is 5.88 Å². The Hall–Kier alpha value is -1.40. The standard InChI is InChI=1S/C11H10BrClN4O/c1-2-17(11-15-6-9(13)7-16-11)18-10-4-3-8(12)5-14-10/h3-7H,2H2,1H3. The number of anilines is 1. The molecule has 0 saturated heterocycles. The normalized spacial score (nSPS) is 10.2. The van der Waals surface area contributed by atoms with Crippen LogP contribution in [-0.2, 0) is 0 Å². The predicted octanol–water partition coefficient (Wildman–Crippen LogP) is 3.11. The van der Waals surface area contributed by atoms with Crippen molar-refractivity contribution in [3.05, 3.63) is 40.2 Å². The first kappa shape index (κ1) is 13.0. The fraction of sp³-hybridized carbons (Fsp3) is 0.182. The van der Waals surface area contributed by atoms with E-state index < -0.39 is 0 Å². The van der Waals surface area contributed by atoms with E-state index in [1.165, 1.54) is 17.5 Å². The van der Waals surface area contributed by atoms with Gasteiger partial charge in [0, 0.05) is 16.7 Å². The molecule has 0 spiro atoms. The Morgan fingerprint density at radius 2 is 1.94 bits per heavy atom. The number of hydroxylamine groups is 1. The molecule has 2 aromatic rings. The average Bonchev–Trinajstić information content (AvgIpc) is 2.39. The van der Waals surface area contributed by atoms with Crippen LogP contribution in [0.4, 0.5) is 5.95 Å². The van der Waals surface area contributed by atoms with Crippen molar-refractivity contribution in [2.24, 2.45) is 0 Å². The van der Waals surface area contributed by atoms with Crippen LogP contribution in [0, 0.1) is 0 Å². The van der Waals surface area contributed by atoms with E-state index in [-0.39, 0.29) is 0 Å². The topological polar surface area (TPSA) is 51.1 Å². The monoisotopic (exact) mass is 328 g/mol. The first-order valence-corrected chi connectivity index (χ1v) is 6.40. The summed E-state index contributed by atoms with van der Waals surface area (Å²) in [5.41, 5.74) is 0. The number of aromatic nitrogens is 3. The molecule has 0 amide bonds. The maximum atomic E-state index is 5.74. The van der Waals surface area contributed by atoms with Crippen molar-refractivity contribution in [2.45, 2.75) is 6.92 Å². The van der Waals surface area contributed by atoms with Crippen LogP contribution in [0.3, 0.4) is 0 Å². The number of pyridine rings is 1. The minimum atomic E-state index is 0.437. The van der Waals surface area contributed by atoms with Gasteiger partial charge in [0.1, 0.15) is 0 Å². The summed E-state index contributed by atoms with van der Waals surface area (Å²) >= 11 is 9.05. The Morgan fingerprint density at radius 1 is 1.22 bits per heavy atom. The van der Waals surface area contributed by atoms with Crippen LogP contribution in [0.2, 0.25) is 5.02 Å². The van der Waals surface area contributed by atoms with Crippen molar-refractivity contribution in [2.75, 3.05) is 11.6 Å². The minimum Gasteiger partial charge on any atom is -0.356 e. The van der Waals surface area contributed by atoms with E-state index in [9.17, 15) is 0 Å². The average molecular weight is 330 g/mol. The summed E-state index contributed by atoms with van der Waals surface area (Å²) in [6, 6.07) is 3.60. The fourth-order valence-electron chi connectivity index (χ4n) is 1.21. The molecule has 0 unspecified atom stereocenters. The molecule has 0 aliphatic heterocycles. The van der Waals surface area contributed by atoms with Crippen LogP contribution in [0.5, 0.6) is 5.88 Å². The van der Waals surface area contributed by atoms with Crippen molar-refractivity contribution >= 4 is 33.5 Å². The lowest BCUT2D eigenvalue weighted by Crippen LogP contribution is -2.29. The second kappa shape index (κ2) is 5.97. The summed E-state index contributed by atoms with van der Waals surface area (Å²) in [6.07, 6.45) is 4.70. The highest BCUT2D eigenvalue weighted by molar-refractivity contribution is 9.10. The molecular formula is C11H10BrClN4O. The van der Waals surface area contributed by atoms with Gasteiger partial charge in [-0.15, -0.1) is 0 Å². The van der Waals surface area contributed by atoms with E-state index in [0.29, 0.717) is 23.4 Å². The summed E-state index contributed by atoms with van der Waals surface area (Å²) in [6.45, 7) is 2.51. The predicted molar refractivity (Wildman–Crippen MR) is 72.6 cm³/mol. The zero-order chi connectivity index (χ0) is 13.0. The molecule has 94 valence electrons. The molecule has 0 aromatic carbocycles. The smallest absolute Gasteiger partial charge is 0.259 e. The lowest BCUT2D eigenvalue weighted by molar-refractivity contribution is 0.267. The van der Waals surface area contributed by atoms with Crippen LogP contribution in [0.1, 0.15) is 6.92 Å². The van der Waals surface area contributed by atoms with Crippen LogP contribution in [-0.4, -0.2) is 21.5 Å². The molecule has 7 heteroatoms. The second-order valence-electron chi connectivity index (χ2n) is 3.30. The van der Waals surface area contributed by atoms with Gasteiger partial charge in [0.15, 0.2) is 0 Å². The van der Waals surface area contributed by atoms with Crippen molar-refractivity contribution in [3.63, 3.8) is 0 Å². The maximum absolute atomic E-state index is 5.74. The van der Waals surface area contributed by atoms with E-state index >= 15 is 0 Å². The maximum Gasteiger partial charge on any atom is 0.259 e. The van der Waals surface area contributed by atoms with Gasteiger partial charge in [0.25, 0.3) is 5.95 Å². The molecule has 0 aliphatic rings. The Balaban J connectivity index is 2.14. The van der Waals surface area contributed by atoms with Gasteiger partial charge in [-0.1, -0.05) is 11.6 Å². The third-order valence-corrected chi connectivity index (χ3v) is 2.69. The third-order valence-electron chi connectivity index (χ3n) is 2.02. The number of hydrogen-bond donors (Lipinski definition) is 0. The molecule has 5 nitrogen and oxygen atoms in total. The second-order valence-corrected chi connectivity index (χ2v) is 4.65. The van der Waals surface area contributed by atoms with Crippen molar-refractivity contribution in [1.29, 1.82) is 0 Å². The largest absolute Gasteiger partial charge is 0.356 e. The number of hydrogen-bond acceptors (Lipinski definition) is 5. The molecule has 0 fully saturated rings. The molecular weight excluding hydrogens is 320 g/mol. The van der Waals surface area contributed by atoms with Gasteiger partial charge < -0.3 is 4.84 Å². The summed E-state index contributed by atoms with van der Waals surface area (Å²) < 4.78 is 0.889. The third kappa shape index (κ3) is 3.30. The summed E-state index contributed by atoms with van der Waals surface area (Å²) in [5.74, 6) is 0.908. The lowest BCUT2D eigenvalue weighted by Gasteiger charge is -2.19. The highest BCUT2D eigenvalue weighted by atomic mass is 79.9. The Bertz CT molecular complexity index is 505. The summed E-state index contributed by atoms with van der Waals surface area (Å²) in [4.78, 5) is 17.9. The first-order valence-electron chi connectivity index (χ1n) is 5.23. The number of rotatable bonds is 4. The Labute approximate surface area is 118 Å². The first-order chi connectivity index (χ1) is 8.69. The molecule has 0 bridgehead atoms. The van der Waals surface area contributed by atoms with Gasteiger partial charge in [0.05, 0.1) is 24.0 Å². The Kier molecular flexibility index (Phi) is 4.33. The minimum absolute atomic E-state index is 0.437. The van der Waals surface area contributed by atoms with E-state index in [2.05, 4.69) is 30.9 Å². The van der Waals surface area contributed by atoms with Crippen molar-refractivity contribution < 1.29 is 4.84 Å². The lowest BCUT2D eigenvalue weighted by atomic mass is 10.5. The number of nitrogens with zero attached hydrogens (tertiary/aromatic N) is 4. The van der Waals surface area contributed by atoms with E-state index in [1.807, 2.05) is 13.0 Å². The molecule has 18 heavy (non-hydrogen) atoms. The zero-order valence-corrected chi connectivity index (χ0v) is 11.9. The molecule has 2 aromatic heterocycles. The Morgan fingerprint density at radius 3 is 2.50 bits per heavy atom. The highest BCUT2D eigenvalue weighted by Gasteiger charge is 2.10. The van der Waals surface area contributed by atoms with Gasteiger partial charge in [-0.05, 0) is 28.9 Å². The van der Waals surface area contributed by atoms with Crippen LogP contribution < -0.4 is 9.90 Å². The van der Waals surface area contributed by atoms with Gasteiger partial charge in [-0.25, -0.2) is 15.0 Å². The molecule has 0 radical (unpaired) electrons. The van der Waals surface area contributed by atoms with Crippen molar-refractivity contribution in [3.8, 4) is 5.88 Å². The van der Waals surface area contributed by atoms with Crippen LogP contribution >= 0.6 is 27.5 Å². The molecule has 0 atom stereocenters. The molecule has 0 N–H and O–H groups in total. The van der Waals surface area contributed by atoms with Crippen LogP contribution in [0.25, 0.3) is 0 Å². The van der Waals surface area contributed by atoms with E-state index in [1.54, 1.807) is 12.3 Å². The molecule has 2 rings (SSSR count). The summed E-state index contributed by atoms with van der Waals surface area (Å²) in [5, 5.41) is 2.02. The SMILES string of the molecule is CCN(Oc1ccc(Br)cn1)c1ncc(Cl)cn1. The highest BCUT2D eigenvalue weighted by Crippen LogP contribution is 2.16. The molecule has 2 heterocycles. The summed E-state index contributed by atoms with van der Waals surface area (Å²) in [7, 11) is 0. The fourth-order valence-corrected chi connectivity index (χ4v) is 1.54. The number of halogens is 2. The molecule has 0 saturated carbocycles. The van der Waals surface area contributed by atoms with Crippen LogP contribution in [0.15, 0.2) is 35.2 Å². The van der Waals surface area contributed by atoms with Gasteiger partial charge >= 0.3 is 0 Å². The van der Waals surface area contributed by atoms with Gasteiger partial charge in [-0.2, -0.15) is 5.06 Å². The molecule has 0 aliphatic carbocycles.